The highest BCUT2D eigenvalue weighted by Gasteiger charge is 2.32. The molecule has 3 aromatic rings. The molecule has 2 heterocycles. The molecule has 1 aliphatic rings. The van der Waals surface area contributed by atoms with Crippen molar-refractivity contribution in [1.82, 2.24) is 20.1 Å². The highest BCUT2D eigenvalue weighted by atomic mass is 32.2. The first-order chi connectivity index (χ1) is 14.4. The number of thioether (sulfide) groups is 1. The number of thiophene rings is 1. The first-order valence-corrected chi connectivity index (χ1v) is 11.1. The summed E-state index contributed by atoms with van der Waals surface area (Å²) >= 11 is 2.54. The molecule has 30 heavy (non-hydrogen) atoms. The Balaban J connectivity index is 1.72. The average Bonchev–Trinajstić information content (AvgIpc) is 3.20. The second kappa shape index (κ2) is 8.57. The summed E-state index contributed by atoms with van der Waals surface area (Å²) in [7, 11) is 0. The molecule has 0 spiro atoms. The predicted molar refractivity (Wildman–Crippen MR) is 112 cm³/mol. The lowest BCUT2D eigenvalue weighted by atomic mass is 10.1. The molecule has 1 fully saturated rings. The predicted octanol–water partition coefficient (Wildman–Crippen LogP) is 3.90. The summed E-state index contributed by atoms with van der Waals surface area (Å²) in [5.41, 5.74) is 0.606. The molecule has 2 aromatic heterocycles. The molecule has 1 aromatic carbocycles. The number of nitrogens with one attached hydrogen (secondary N) is 1. The first kappa shape index (κ1) is 20.5. The van der Waals surface area contributed by atoms with E-state index in [-0.39, 0.29) is 11.9 Å². The number of hydrogen-bond donors (Lipinski definition) is 2. The van der Waals surface area contributed by atoms with Gasteiger partial charge in [-0.2, -0.15) is 0 Å². The summed E-state index contributed by atoms with van der Waals surface area (Å²) in [6.45, 7) is 1.55. The highest BCUT2D eigenvalue weighted by Crippen LogP contribution is 2.39. The minimum absolute atomic E-state index is 0.151. The van der Waals surface area contributed by atoms with Crippen LogP contribution in [0.2, 0.25) is 0 Å². The van der Waals surface area contributed by atoms with Crippen molar-refractivity contribution < 1.29 is 19.1 Å². The molecule has 1 saturated carbocycles. The lowest BCUT2D eigenvalue weighted by Gasteiger charge is -2.19. The molecule has 2 unspecified atom stereocenters. The van der Waals surface area contributed by atoms with Gasteiger partial charge in [0, 0.05) is 6.04 Å². The molecule has 156 valence electrons. The van der Waals surface area contributed by atoms with Crippen LogP contribution in [0.25, 0.3) is 10.7 Å². The van der Waals surface area contributed by atoms with Crippen LogP contribution in [-0.2, 0) is 9.59 Å². The van der Waals surface area contributed by atoms with Crippen molar-refractivity contribution in [2.75, 3.05) is 0 Å². The van der Waals surface area contributed by atoms with Crippen molar-refractivity contribution >= 4 is 35.0 Å². The Kier molecular flexibility index (Phi) is 5.87. The highest BCUT2D eigenvalue weighted by molar-refractivity contribution is 8.00. The van der Waals surface area contributed by atoms with Gasteiger partial charge in [0.05, 0.1) is 4.88 Å². The number of carboxylic acid groups (broad SMARTS) is 1. The van der Waals surface area contributed by atoms with Crippen LogP contribution < -0.4 is 5.32 Å². The van der Waals surface area contributed by atoms with Gasteiger partial charge >= 0.3 is 5.97 Å². The third-order valence-corrected chi connectivity index (χ3v) is 6.79. The van der Waals surface area contributed by atoms with Gasteiger partial charge in [-0.05, 0) is 48.9 Å². The van der Waals surface area contributed by atoms with Crippen LogP contribution in [0.4, 0.5) is 4.39 Å². The van der Waals surface area contributed by atoms with Gasteiger partial charge in [0.15, 0.2) is 11.0 Å². The monoisotopic (exact) mass is 446 g/mol. The number of aliphatic carboxylic acids is 1. The number of benzene rings is 1. The van der Waals surface area contributed by atoms with Gasteiger partial charge < -0.3 is 10.4 Å². The van der Waals surface area contributed by atoms with Crippen LogP contribution >= 0.6 is 23.1 Å². The molecular weight excluding hydrogens is 427 g/mol. The SMILES string of the molecule is CC(C(=O)O)n1c(SC(C(=O)NC2CC2)c2ccc(F)cc2)nnc1-c1cccs1. The molecule has 10 heteroatoms. The Hall–Kier alpha value is -2.72. The number of aromatic nitrogens is 3. The van der Waals surface area contributed by atoms with Crippen LogP contribution in [-0.4, -0.2) is 37.8 Å². The van der Waals surface area contributed by atoms with E-state index in [2.05, 4.69) is 15.5 Å². The van der Waals surface area contributed by atoms with Gasteiger partial charge in [0.25, 0.3) is 0 Å². The number of carbonyl (C=O) groups is 2. The van der Waals surface area contributed by atoms with Crippen molar-refractivity contribution in [2.24, 2.45) is 0 Å². The average molecular weight is 447 g/mol. The van der Waals surface area contributed by atoms with E-state index < -0.39 is 23.1 Å². The Bertz CT molecular complexity index is 1050. The van der Waals surface area contributed by atoms with Gasteiger partial charge in [0.2, 0.25) is 5.91 Å². The summed E-state index contributed by atoms with van der Waals surface area (Å²) in [5, 5.41) is 22.5. The zero-order valence-electron chi connectivity index (χ0n) is 16.0. The normalized spacial score (nSPS) is 15.5. The van der Waals surface area contributed by atoms with Gasteiger partial charge in [-0.15, -0.1) is 21.5 Å². The van der Waals surface area contributed by atoms with Crippen molar-refractivity contribution in [3.8, 4) is 10.7 Å². The minimum atomic E-state index is -1.03. The second-order valence-corrected chi connectivity index (χ2v) is 9.02. The zero-order valence-corrected chi connectivity index (χ0v) is 17.6. The fourth-order valence-electron chi connectivity index (χ4n) is 2.91. The van der Waals surface area contributed by atoms with Crippen molar-refractivity contribution in [2.45, 2.75) is 42.3 Å². The van der Waals surface area contributed by atoms with Gasteiger partial charge in [0.1, 0.15) is 17.1 Å². The molecule has 2 atom stereocenters. The minimum Gasteiger partial charge on any atom is -0.480 e. The van der Waals surface area contributed by atoms with Gasteiger partial charge in [-0.1, -0.05) is 30.0 Å². The Morgan fingerprint density at radius 1 is 1.27 bits per heavy atom. The summed E-state index contributed by atoms with van der Waals surface area (Å²) < 4.78 is 14.9. The van der Waals surface area contributed by atoms with Gasteiger partial charge in [-0.3, -0.25) is 9.36 Å². The lowest BCUT2D eigenvalue weighted by Crippen LogP contribution is -2.30. The molecular formula is C20H19FN4O3S2. The van der Waals surface area contributed by atoms with E-state index >= 15 is 0 Å². The maximum atomic E-state index is 13.4. The third kappa shape index (κ3) is 4.39. The van der Waals surface area contributed by atoms with Crippen LogP contribution in [0, 0.1) is 5.82 Å². The standard InChI is InChI=1S/C20H19FN4O3S2/c1-11(19(27)28)25-17(15-3-2-10-29-15)23-24-20(25)30-16(18(26)22-14-8-9-14)12-4-6-13(21)7-5-12/h2-7,10-11,14,16H,8-9H2,1H3,(H,22,26)(H,27,28). The summed E-state index contributed by atoms with van der Waals surface area (Å²) in [5.74, 6) is -1.21. The fraction of sp³-hybridized carbons (Fsp3) is 0.300. The molecule has 0 bridgehead atoms. The van der Waals surface area contributed by atoms with E-state index in [1.54, 1.807) is 19.1 Å². The van der Waals surface area contributed by atoms with E-state index in [9.17, 15) is 19.1 Å². The summed E-state index contributed by atoms with van der Waals surface area (Å²) in [6.07, 6.45) is 1.86. The molecule has 0 aliphatic heterocycles. The van der Waals surface area contributed by atoms with E-state index in [1.807, 2.05) is 17.5 Å². The number of nitrogens with zero attached hydrogens (tertiary/aromatic N) is 3. The zero-order chi connectivity index (χ0) is 21.3. The van der Waals surface area contributed by atoms with Crippen molar-refractivity contribution in [3.05, 3.63) is 53.2 Å². The topological polar surface area (TPSA) is 97.1 Å². The van der Waals surface area contributed by atoms with Crippen LogP contribution in [0.1, 0.15) is 36.6 Å². The number of carboxylic acids is 1. The Morgan fingerprint density at radius 2 is 2.00 bits per heavy atom. The largest absolute Gasteiger partial charge is 0.480 e. The first-order valence-electron chi connectivity index (χ1n) is 9.38. The van der Waals surface area contributed by atoms with Gasteiger partial charge in [-0.25, -0.2) is 9.18 Å². The van der Waals surface area contributed by atoms with Crippen LogP contribution in [0.3, 0.4) is 0 Å². The van der Waals surface area contributed by atoms with Crippen molar-refractivity contribution in [3.63, 3.8) is 0 Å². The number of hydrogen-bond acceptors (Lipinski definition) is 6. The molecule has 7 nitrogen and oxygen atoms in total. The lowest BCUT2D eigenvalue weighted by molar-refractivity contribution is -0.140. The van der Waals surface area contributed by atoms with Crippen LogP contribution in [0.15, 0.2) is 46.9 Å². The van der Waals surface area contributed by atoms with E-state index in [4.69, 9.17) is 0 Å². The number of rotatable bonds is 8. The van der Waals surface area contributed by atoms with Crippen LogP contribution in [0.5, 0.6) is 0 Å². The third-order valence-electron chi connectivity index (χ3n) is 4.71. The molecule has 1 aliphatic carbocycles. The number of amides is 1. The van der Waals surface area contributed by atoms with Crippen molar-refractivity contribution in [1.29, 1.82) is 0 Å². The van der Waals surface area contributed by atoms with E-state index in [0.29, 0.717) is 16.5 Å². The number of halogens is 1. The maximum absolute atomic E-state index is 13.4. The summed E-state index contributed by atoms with van der Waals surface area (Å²) in [6, 6.07) is 8.62. The number of carbonyl (C=O) groups excluding carboxylic acids is 1. The Morgan fingerprint density at radius 3 is 2.60 bits per heavy atom. The summed E-state index contributed by atoms with van der Waals surface area (Å²) in [4.78, 5) is 25.5. The maximum Gasteiger partial charge on any atom is 0.326 e. The molecule has 2 N–H and O–H groups in total. The van der Waals surface area contributed by atoms with E-state index in [0.717, 1.165) is 29.5 Å². The smallest absolute Gasteiger partial charge is 0.326 e. The quantitative estimate of drug-likeness (QED) is 0.510. The fourth-order valence-corrected chi connectivity index (χ4v) is 4.74. The molecule has 1 amide bonds. The second-order valence-electron chi connectivity index (χ2n) is 7.00. The molecule has 0 radical (unpaired) electrons. The van der Waals surface area contributed by atoms with E-state index in [1.165, 1.54) is 28.0 Å². The Labute approximate surface area is 180 Å². The molecule has 0 saturated heterocycles. The molecule has 4 rings (SSSR count).